The molecule has 1 heterocycles. The van der Waals surface area contributed by atoms with E-state index in [1.807, 2.05) is 72.6 Å². The summed E-state index contributed by atoms with van der Waals surface area (Å²) in [6, 6.07) is 19.8. The summed E-state index contributed by atoms with van der Waals surface area (Å²) in [5.41, 5.74) is 2.36. The Morgan fingerprint density at radius 3 is 2.69 bits per heavy atom. The fraction of sp³-hybridized carbons (Fsp3) is 0.143. The zero-order chi connectivity index (χ0) is 18.4. The number of hydrogen-bond donors (Lipinski definition) is 0. The van der Waals surface area contributed by atoms with Crippen LogP contribution in [0.25, 0.3) is 12.2 Å². The maximum Gasteiger partial charge on any atom is 0.235 e. The van der Waals surface area contributed by atoms with Gasteiger partial charge in [-0.1, -0.05) is 42.5 Å². The fourth-order valence-corrected chi connectivity index (χ4v) is 2.57. The summed E-state index contributed by atoms with van der Waals surface area (Å²) in [4.78, 5) is 6.14. The van der Waals surface area contributed by atoms with Gasteiger partial charge in [0.15, 0.2) is 0 Å². The van der Waals surface area contributed by atoms with Gasteiger partial charge in [-0.3, -0.25) is 0 Å². The van der Waals surface area contributed by atoms with Crippen LogP contribution in [0.4, 0.5) is 5.88 Å². The second kappa shape index (κ2) is 8.04. The number of hydrogen-bond acceptors (Lipinski definition) is 5. The standard InChI is InChI=1S/C21H19N3O2/c1-24(15-17-7-4-3-5-8-17)21-19(14-22)23-20(26-21)12-11-16-9-6-10-18(13-16)25-2/h3-13H,15H2,1-2H3/b12-11+. The van der Waals surface area contributed by atoms with Gasteiger partial charge in [-0.15, -0.1) is 0 Å². The second-order valence-electron chi connectivity index (χ2n) is 5.77. The number of oxazole rings is 1. The predicted octanol–water partition coefficient (Wildman–Crippen LogP) is 4.36. The van der Waals surface area contributed by atoms with Gasteiger partial charge >= 0.3 is 0 Å². The predicted molar refractivity (Wildman–Crippen MR) is 102 cm³/mol. The number of methoxy groups -OCH3 is 1. The minimum absolute atomic E-state index is 0.272. The molecule has 3 aromatic rings. The van der Waals surface area contributed by atoms with Crippen molar-refractivity contribution >= 4 is 18.0 Å². The lowest BCUT2D eigenvalue weighted by Gasteiger charge is -2.15. The summed E-state index contributed by atoms with van der Waals surface area (Å²) >= 11 is 0. The van der Waals surface area contributed by atoms with Crippen molar-refractivity contribution in [3.8, 4) is 11.8 Å². The Morgan fingerprint density at radius 2 is 1.96 bits per heavy atom. The highest BCUT2D eigenvalue weighted by Gasteiger charge is 2.16. The second-order valence-corrected chi connectivity index (χ2v) is 5.77. The van der Waals surface area contributed by atoms with Crippen LogP contribution < -0.4 is 9.64 Å². The van der Waals surface area contributed by atoms with Crippen molar-refractivity contribution in [3.63, 3.8) is 0 Å². The lowest BCUT2D eigenvalue weighted by atomic mass is 10.2. The van der Waals surface area contributed by atoms with Gasteiger partial charge < -0.3 is 14.1 Å². The minimum Gasteiger partial charge on any atom is -0.497 e. The van der Waals surface area contributed by atoms with Crippen LogP contribution in [0.5, 0.6) is 5.75 Å². The molecule has 0 bridgehead atoms. The van der Waals surface area contributed by atoms with Crippen molar-refractivity contribution in [2.24, 2.45) is 0 Å². The summed E-state index contributed by atoms with van der Waals surface area (Å²) in [5.74, 6) is 1.63. The number of benzene rings is 2. The average molecular weight is 345 g/mol. The first-order valence-corrected chi connectivity index (χ1v) is 8.17. The summed E-state index contributed by atoms with van der Waals surface area (Å²) in [5, 5.41) is 9.36. The Morgan fingerprint density at radius 1 is 1.15 bits per heavy atom. The molecule has 2 aromatic carbocycles. The monoisotopic (exact) mass is 345 g/mol. The highest BCUT2D eigenvalue weighted by Crippen LogP contribution is 2.23. The minimum atomic E-state index is 0.272. The molecule has 0 fully saturated rings. The molecule has 0 saturated heterocycles. The molecule has 0 aliphatic rings. The van der Waals surface area contributed by atoms with Crippen molar-refractivity contribution in [2.45, 2.75) is 6.54 Å². The van der Waals surface area contributed by atoms with Gasteiger partial charge in [-0.25, -0.2) is 0 Å². The third-order valence-corrected chi connectivity index (χ3v) is 3.85. The van der Waals surface area contributed by atoms with Crippen LogP contribution in [-0.2, 0) is 6.54 Å². The van der Waals surface area contributed by atoms with Crippen LogP contribution in [0, 0.1) is 11.3 Å². The molecule has 3 rings (SSSR count). The van der Waals surface area contributed by atoms with Gasteiger partial charge in [0.1, 0.15) is 11.8 Å². The van der Waals surface area contributed by atoms with Gasteiger partial charge in [-0.05, 0) is 29.3 Å². The molecule has 0 N–H and O–H groups in total. The molecule has 0 saturated carbocycles. The van der Waals surface area contributed by atoms with E-state index in [1.54, 1.807) is 13.2 Å². The Bertz CT molecular complexity index is 939. The van der Waals surface area contributed by atoms with E-state index in [1.165, 1.54) is 0 Å². The zero-order valence-electron chi connectivity index (χ0n) is 14.7. The van der Waals surface area contributed by atoms with Crippen LogP contribution in [0.1, 0.15) is 22.7 Å². The van der Waals surface area contributed by atoms with Gasteiger partial charge in [0.25, 0.3) is 0 Å². The molecule has 5 heteroatoms. The van der Waals surface area contributed by atoms with E-state index < -0.39 is 0 Å². The number of aromatic nitrogens is 1. The lowest BCUT2D eigenvalue weighted by molar-refractivity contribution is 0.414. The molecular formula is C21H19N3O2. The quantitative estimate of drug-likeness (QED) is 0.664. The van der Waals surface area contributed by atoms with Crippen molar-refractivity contribution in [1.82, 2.24) is 4.98 Å². The molecule has 26 heavy (non-hydrogen) atoms. The fourth-order valence-electron chi connectivity index (χ4n) is 2.57. The van der Waals surface area contributed by atoms with E-state index in [9.17, 15) is 5.26 Å². The number of ether oxygens (including phenoxy) is 1. The number of anilines is 1. The highest BCUT2D eigenvalue weighted by atomic mass is 16.5. The number of nitriles is 1. The van der Waals surface area contributed by atoms with Gasteiger partial charge in [-0.2, -0.15) is 10.2 Å². The molecule has 0 aliphatic heterocycles. The Kier molecular flexibility index (Phi) is 5.35. The highest BCUT2D eigenvalue weighted by molar-refractivity contribution is 5.68. The van der Waals surface area contributed by atoms with Crippen LogP contribution in [0.2, 0.25) is 0 Å². The largest absolute Gasteiger partial charge is 0.497 e. The van der Waals surface area contributed by atoms with E-state index in [0.717, 1.165) is 16.9 Å². The number of nitrogens with zero attached hydrogens (tertiary/aromatic N) is 3. The van der Waals surface area contributed by atoms with Crippen LogP contribution in [0.3, 0.4) is 0 Å². The molecule has 1 aromatic heterocycles. The first kappa shape index (κ1) is 17.3. The van der Waals surface area contributed by atoms with Crippen molar-refractivity contribution in [1.29, 1.82) is 5.26 Å². The molecule has 0 aliphatic carbocycles. The molecule has 0 atom stereocenters. The van der Waals surface area contributed by atoms with E-state index in [2.05, 4.69) is 11.1 Å². The molecule has 5 nitrogen and oxygen atoms in total. The van der Waals surface area contributed by atoms with E-state index in [0.29, 0.717) is 18.3 Å². The third kappa shape index (κ3) is 4.11. The summed E-state index contributed by atoms with van der Waals surface area (Å²) in [6.07, 6.45) is 3.62. The van der Waals surface area contributed by atoms with Gasteiger partial charge in [0.2, 0.25) is 17.5 Å². The van der Waals surface area contributed by atoms with Gasteiger partial charge in [0, 0.05) is 19.7 Å². The number of rotatable bonds is 6. The zero-order valence-corrected chi connectivity index (χ0v) is 14.7. The summed E-state index contributed by atoms with van der Waals surface area (Å²) < 4.78 is 11.0. The normalized spacial score (nSPS) is 10.7. The first-order valence-electron chi connectivity index (χ1n) is 8.17. The Balaban J connectivity index is 1.80. The maximum absolute atomic E-state index is 9.36. The summed E-state index contributed by atoms with van der Waals surface area (Å²) in [6.45, 7) is 0.629. The molecule has 0 amide bonds. The molecular weight excluding hydrogens is 326 g/mol. The van der Waals surface area contributed by atoms with Gasteiger partial charge in [0.05, 0.1) is 7.11 Å². The van der Waals surface area contributed by atoms with Crippen LogP contribution in [0.15, 0.2) is 59.0 Å². The van der Waals surface area contributed by atoms with Crippen molar-refractivity contribution < 1.29 is 9.15 Å². The SMILES string of the molecule is COc1cccc(/C=C/c2nc(C#N)c(N(C)Cc3ccccc3)o2)c1. The summed E-state index contributed by atoms with van der Waals surface area (Å²) in [7, 11) is 3.51. The van der Waals surface area contributed by atoms with Crippen LogP contribution in [-0.4, -0.2) is 19.1 Å². The molecule has 0 unspecified atom stereocenters. The molecule has 0 spiro atoms. The topological polar surface area (TPSA) is 62.3 Å². The molecule has 130 valence electrons. The first-order chi connectivity index (χ1) is 12.7. The maximum atomic E-state index is 9.36. The smallest absolute Gasteiger partial charge is 0.235 e. The van der Waals surface area contributed by atoms with E-state index in [4.69, 9.17) is 9.15 Å². The molecule has 0 radical (unpaired) electrons. The Hall–Kier alpha value is -3.52. The average Bonchev–Trinajstić information content (AvgIpc) is 3.11. The van der Waals surface area contributed by atoms with E-state index in [-0.39, 0.29) is 5.69 Å². The lowest BCUT2D eigenvalue weighted by Crippen LogP contribution is -2.16. The van der Waals surface area contributed by atoms with E-state index >= 15 is 0 Å². The van der Waals surface area contributed by atoms with Crippen molar-refractivity contribution in [3.05, 3.63) is 77.3 Å². The van der Waals surface area contributed by atoms with Crippen LogP contribution >= 0.6 is 0 Å². The Labute approximate surface area is 152 Å². The van der Waals surface area contributed by atoms with Crippen molar-refractivity contribution in [2.75, 3.05) is 19.1 Å². The third-order valence-electron chi connectivity index (χ3n) is 3.85.